The summed E-state index contributed by atoms with van der Waals surface area (Å²) in [6, 6.07) is 51.7. The van der Waals surface area contributed by atoms with Gasteiger partial charge in [0.05, 0.1) is 5.69 Å². The van der Waals surface area contributed by atoms with Crippen LogP contribution < -0.4 is 5.32 Å². The van der Waals surface area contributed by atoms with Gasteiger partial charge in [-0.3, -0.25) is 0 Å². The Bertz CT molecular complexity index is 2570. The SMILES string of the molecule is CC1(C)c2ccccc2-c2ccc(C3Nc4c(ccc5ccc6cc(-c7nc(-c8ccccc8)nc(-c8ccccc8)n7)ccc6c45)S3)cc21. The number of thioether (sulfide) groups is 1. The minimum Gasteiger partial charge on any atom is -0.368 e. The van der Waals surface area contributed by atoms with Gasteiger partial charge in [-0.2, -0.15) is 0 Å². The quantitative estimate of drug-likeness (QED) is 0.190. The van der Waals surface area contributed by atoms with E-state index in [4.69, 9.17) is 15.0 Å². The number of nitrogens with zero attached hydrogens (tertiary/aromatic N) is 3. The second-order valence-electron chi connectivity index (χ2n) is 13.7. The van der Waals surface area contributed by atoms with E-state index in [0.717, 1.165) is 22.1 Å². The lowest BCUT2D eigenvalue weighted by molar-refractivity contribution is 0.659. The minimum absolute atomic E-state index is 0.0269. The summed E-state index contributed by atoms with van der Waals surface area (Å²) in [4.78, 5) is 16.1. The van der Waals surface area contributed by atoms with Gasteiger partial charge in [0, 0.05) is 32.4 Å². The van der Waals surface area contributed by atoms with E-state index in [-0.39, 0.29) is 10.8 Å². The molecule has 1 N–H and O–H groups in total. The largest absolute Gasteiger partial charge is 0.368 e. The molecule has 7 aromatic carbocycles. The predicted octanol–water partition coefficient (Wildman–Crippen LogP) is 11.7. The highest BCUT2D eigenvalue weighted by Crippen LogP contribution is 2.53. The van der Waals surface area contributed by atoms with Crippen LogP contribution in [0.15, 0.2) is 150 Å². The van der Waals surface area contributed by atoms with Crippen LogP contribution in [0.2, 0.25) is 0 Å². The molecule has 1 unspecified atom stereocenters. The fourth-order valence-electron chi connectivity index (χ4n) is 7.78. The smallest absolute Gasteiger partial charge is 0.164 e. The third-order valence-corrected chi connectivity index (χ3v) is 11.6. The van der Waals surface area contributed by atoms with Crippen molar-refractivity contribution in [1.29, 1.82) is 0 Å². The van der Waals surface area contributed by atoms with Gasteiger partial charge in [-0.05, 0) is 56.1 Å². The molecule has 1 aliphatic carbocycles. The topological polar surface area (TPSA) is 50.7 Å². The summed E-state index contributed by atoms with van der Waals surface area (Å²) in [5, 5.41) is 8.92. The maximum Gasteiger partial charge on any atom is 0.164 e. The number of rotatable bonds is 4. The number of benzene rings is 7. The summed E-state index contributed by atoms with van der Waals surface area (Å²) < 4.78 is 0. The molecule has 0 saturated carbocycles. The van der Waals surface area contributed by atoms with Crippen molar-refractivity contribution in [3.8, 4) is 45.3 Å². The second kappa shape index (κ2) is 11.1. The van der Waals surface area contributed by atoms with Gasteiger partial charge in [-0.15, -0.1) is 0 Å². The van der Waals surface area contributed by atoms with Gasteiger partial charge < -0.3 is 5.32 Å². The zero-order chi connectivity index (χ0) is 33.4. The molecule has 1 aromatic heterocycles. The molecule has 8 aromatic rings. The summed E-state index contributed by atoms with van der Waals surface area (Å²) in [5.74, 6) is 1.99. The summed E-state index contributed by atoms with van der Waals surface area (Å²) in [5.41, 5.74) is 10.9. The molecule has 5 heteroatoms. The number of aromatic nitrogens is 3. The highest BCUT2D eigenvalue weighted by atomic mass is 32.2. The van der Waals surface area contributed by atoms with Crippen LogP contribution in [0.5, 0.6) is 0 Å². The predicted molar refractivity (Wildman–Crippen MR) is 207 cm³/mol. The van der Waals surface area contributed by atoms with Crippen molar-refractivity contribution in [3.63, 3.8) is 0 Å². The molecular formula is C45H32N4S. The first kappa shape index (κ1) is 29.2. The van der Waals surface area contributed by atoms with Crippen molar-refractivity contribution in [3.05, 3.63) is 162 Å². The molecule has 0 bridgehead atoms. The molecular weight excluding hydrogens is 629 g/mol. The van der Waals surface area contributed by atoms with Crippen molar-refractivity contribution in [2.45, 2.75) is 29.5 Å². The third-order valence-electron chi connectivity index (χ3n) is 10.4. The van der Waals surface area contributed by atoms with Gasteiger partial charge >= 0.3 is 0 Å². The van der Waals surface area contributed by atoms with E-state index in [1.807, 2.05) is 72.4 Å². The zero-order valence-corrected chi connectivity index (χ0v) is 28.5. The number of hydrogen-bond acceptors (Lipinski definition) is 5. The Kier molecular flexibility index (Phi) is 6.49. The van der Waals surface area contributed by atoms with E-state index in [0.29, 0.717) is 17.5 Å². The summed E-state index contributed by atoms with van der Waals surface area (Å²) in [6.07, 6.45) is 0. The molecule has 4 nitrogen and oxygen atoms in total. The van der Waals surface area contributed by atoms with Crippen LogP contribution in [0, 0.1) is 0 Å². The number of nitrogens with one attached hydrogen (secondary N) is 1. The lowest BCUT2D eigenvalue weighted by Crippen LogP contribution is -2.15. The van der Waals surface area contributed by atoms with Crippen molar-refractivity contribution in [2.24, 2.45) is 0 Å². The molecule has 0 fully saturated rings. The Morgan fingerprint density at radius 3 is 1.90 bits per heavy atom. The van der Waals surface area contributed by atoms with Crippen molar-refractivity contribution < 1.29 is 0 Å². The van der Waals surface area contributed by atoms with Crippen LogP contribution in [0.25, 0.3) is 66.8 Å². The van der Waals surface area contributed by atoms with Crippen molar-refractivity contribution >= 4 is 39.0 Å². The van der Waals surface area contributed by atoms with E-state index in [9.17, 15) is 0 Å². The normalized spacial score (nSPS) is 15.4. The summed E-state index contributed by atoms with van der Waals surface area (Å²) in [7, 11) is 0. The maximum atomic E-state index is 4.98. The average Bonchev–Trinajstić information content (AvgIpc) is 3.71. The average molecular weight is 661 g/mol. The van der Waals surface area contributed by atoms with Gasteiger partial charge in [0.2, 0.25) is 0 Å². The van der Waals surface area contributed by atoms with Gasteiger partial charge in [0.25, 0.3) is 0 Å². The van der Waals surface area contributed by atoms with Gasteiger partial charge in [-0.25, -0.2) is 15.0 Å². The summed E-state index contributed by atoms with van der Waals surface area (Å²) >= 11 is 1.90. The molecule has 50 heavy (non-hydrogen) atoms. The van der Waals surface area contributed by atoms with Crippen LogP contribution in [0.1, 0.15) is 35.9 Å². The Labute approximate surface area is 295 Å². The number of anilines is 1. The molecule has 0 saturated heterocycles. The lowest BCUT2D eigenvalue weighted by Gasteiger charge is -2.23. The molecule has 1 atom stereocenters. The molecule has 238 valence electrons. The Morgan fingerprint density at radius 1 is 0.540 bits per heavy atom. The van der Waals surface area contributed by atoms with Crippen molar-refractivity contribution in [1.82, 2.24) is 15.0 Å². The Balaban J connectivity index is 1.05. The number of hydrogen-bond donors (Lipinski definition) is 1. The molecule has 10 rings (SSSR count). The zero-order valence-electron chi connectivity index (χ0n) is 27.7. The minimum atomic E-state index is -0.0269. The molecule has 0 amide bonds. The lowest BCUT2D eigenvalue weighted by atomic mass is 9.82. The first-order valence-electron chi connectivity index (χ1n) is 17.1. The first-order valence-corrected chi connectivity index (χ1v) is 17.9. The van der Waals surface area contributed by atoms with Crippen LogP contribution in [0.4, 0.5) is 5.69 Å². The highest BCUT2D eigenvalue weighted by Gasteiger charge is 2.36. The fraction of sp³-hybridized carbons (Fsp3) is 0.0889. The van der Waals surface area contributed by atoms with Crippen LogP contribution in [-0.2, 0) is 5.41 Å². The van der Waals surface area contributed by atoms with E-state index in [2.05, 4.69) is 104 Å². The summed E-state index contributed by atoms with van der Waals surface area (Å²) in [6.45, 7) is 4.70. The Hall–Kier alpha value is -5.78. The van der Waals surface area contributed by atoms with Crippen LogP contribution >= 0.6 is 11.8 Å². The molecule has 0 spiro atoms. The fourth-order valence-corrected chi connectivity index (χ4v) is 8.92. The van der Waals surface area contributed by atoms with Gasteiger partial charge in [0.1, 0.15) is 5.37 Å². The monoisotopic (exact) mass is 660 g/mol. The standard InChI is InChI=1S/C45H32N4S/c1-45(2)36-16-10-9-15-34(36)35-23-20-32(26-37(35)45)44-46-40-38(50-44)24-21-27-17-18-30-25-31(19-22-33(30)39(27)40)43-48-41(28-11-5-3-6-12-28)47-42(49-43)29-13-7-4-8-14-29/h3-26,44,46H,1-2H3. The molecule has 1 aliphatic heterocycles. The van der Waals surface area contributed by atoms with Crippen LogP contribution in [-0.4, -0.2) is 15.0 Å². The van der Waals surface area contributed by atoms with E-state index in [1.54, 1.807) is 0 Å². The van der Waals surface area contributed by atoms with E-state index >= 15 is 0 Å². The first-order chi connectivity index (χ1) is 24.5. The Morgan fingerprint density at radius 2 is 1.16 bits per heavy atom. The van der Waals surface area contributed by atoms with Crippen molar-refractivity contribution in [2.75, 3.05) is 5.32 Å². The molecule has 2 aliphatic rings. The van der Waals surface area contributed by atoms with E-state index < -0.39 is 0 Å². The second-order valence-corrected chi connectivity index (χ2v) is 14.8. The number of fused-ring (bicyclic) bond motifs is 8. The van der Waals surface area contributed by atoms with Crippen LogP contribution in [0.3, 0.4) is 0 Å². The molecule has 2 heterocycles. The highest BCUT2D eigenvalue weighted by molar-refractivity contribution is 8.00. The van der Waals surface area contributed by atoms with Gasteiger partial charge in [0.15, 0.2) is 17.5 Å². The van der Waals surface area contributed by atoms with E-state index in [1.165, 1.54) is 54.6 Å². The maximum absolute atomic E-state index is 4.98. The molecule has 0 radical (unpaired) electrons. The third kappa shape index (κ3) is 4.57. The van der Waals surface area contributed by atoms with Gasteiger partial charge in [-0.1, -0.05) is 159 Å².